The third kappa shape index (κ3) is 4.52. The Morgan fingerprint density at radius 2 is 1.95 bits per heavy atom. The number of nitrogens with one attached hydrogen (secondary N) is 1. The highest BCUT2D eigenvalue weighted by Gasteiger charge is 2.06. The molecule has 0 spiro atoms. The molecule has 0 radical (unpaired) electrons. The Balaban J connectivity index is 2.07. The largest absolute Gasteiger partial charge is 0.491 e. The first-order valence-electron chi connectivity index (χ1n) is 7.66. The number of hydrogen-bond donors (Lipinski definition) is 1. The summed E-state index contributed by atoms with van der Waals surface area (Å²) in [6.07, 6.45) is 4.62. The van der Waals surface area contributed by atoms with Crippen LogP contribution in [0.5, 0.6) is 5.75 Å². The second kappa shape index (κ2) is 7.16. The quantitative estimate of drug-likeness (QED) is 0.813. The highest BCUT2D eigenvalue weighted by molar-refractivity contribution is 5.55. The van der Waals surface area contributed by atoms with Crippen LogP contribution in [-0.2, 0) is 6.54 Å². The first-order valence-corrected chi connectivity index (χ1v) is 7.66. The van der Waals surface area contributed by atoms with Crippen LogP contribution in [0.3, 0.4) is 0 Å². The summed E-state index contributed by atoms with van der Waals surface area (Å²) in [7, 11) is 0. The molecule has 1 N–H and O–H groups in total. The van der Waals surface area contributed by atoms with E-state index in [0.717, 1.165) is 36.0 Å². The van der Waals surface area contributed by atoms with Crippen molar-refractivity contribution in [2.24, 2.45) is 0 Å². The van der Waals surface area contributed by atoms with Crippen LogP contribution >= 0.6 is 0 Å². The Morgan fingerprint density at radius 1 is 1.24 bits per heavy atom. The lowest BCUT2D eigenvalue weighted by atomic mass is 10.3. The summed E-state index contributed by atoms with van der Waals surface area (Å²) >= 11 is 0. The predicted octanol–water partition coefficient (Wildman–Crippen LogP) is 4.52. The van der Waals surface area contributed by atoms with Crippen molar-refractivity contribution in [3.8, 4) is 5.75 Å². The maximum absolute atomic E-state index is 5.65. The number of imidazole rings is 1. The molecule has 0 unspecified atom stereocenters. The second-order valence-electron chi connectivity index (χ2n) is 5.57. The smallest absolute Gasteiger partial charge is 0.207 e. The van der Waals surface area contributed by atoms with E-state index in [4.69, 9.17) is 4.74 Å². The lowest BCUT2D eigenvalue weighted by Gasteiger charge is -2.12. The second-order valence-corrected chi connectivity index (χ2v) is 5.57. The first kappa shape index (κ1) is 15.4. The average molecular weight is 287 g/mol. The molecule has 0 saturated carbocycles. The lowest BCUT2D eigenvalue weighted by Crippen LogP contribution is -2.06. The van der Waals surface area contributed by atoms with Crippen molar-refractivity contribution in [3.63, 3.8) is 0 Å². The number of unbranched alkanes of at least 4 members (excludes halogenated alkanes) is 1. The van der Waals surface area contributed by atoms with Gasteiger partial charge in [-0.3, -0.25) is 0 Å². The van der Waals surface area contributed by atoms with Crippen molar-refractivity contribution in [2.45, 2.75) is 53.2 Å². The van der Waals surface area contributed by atoms with Crippen LogP contribution in [0.4, 0.5) is 11.6 Å². The molecule has 0 aliphatic carbocycles. The molecule has 114 valence electrons. The zero-order valence-electron chi connectivity index (χ0n) is 13.4. The van der Waals surface area contributed by atoms with E-state index in [2.05, 4.69) is 28.0 Å². The lowest BCUT2D eigenvalue weighted by molar-refractivity contribution is 0.242. The number of hydrogen-bond acceptors (Lipinski definition) is 3. The van der Waals surface area contributed by atoms with Crippen molar-refractivity contribution >= 4 is 11.6 Å². The van der Waals surface area contributed by atoms with E-state index in [1.54, 1.807) is 0 Å². The van der Waals surface area contributed by atoms with Gasteiger partial charge in [-0.05, 0) is 51.5 Å². The Kier molecular flexibility index (Phi) is 5.26. The maximum atomic E-state index is 5.65. The van der Waals surface area contributed by atoms with Crippen molar-refractivity contribution < 1.29 is 4.74 Å². The number of nitrogens with zero attached hydrogens (tertiary/aromatic N) is 2. The van der Waals surface area contributed by atoms with Crippen molar-refractivity contribution in [3.05, 3.63) is 36.2 Å². The van der Waals surface area contributed by atoms with Crippen molar-refractivity contribution in [2.75, 3.05) is 5.32 Å². The van der Waals surface area contributed by atoms with Gasteiger partial charge in [-0.2, -0.15) is 0 Å². The van der Waals surface area contributed by atoms with Crippen LogP contribution in [0.25, 0.3) is 0 Å². The summed E-state index contributed by atoms with van der Waals surface area (Å²) in [5, 5.41) is 3.38. The van der Waals surface area contributed by atoms with Gasteiger partial charge in [0.1, 0.15) is 5.75 Å². The summed E-state index contributed by atoms with van der Waals surface area (Å²) in [6.45, 7) is 9.27. The Morgan fingerprint density at radius 3 is 2.57 bits per heavy atom. The van der Waals surface area contributed by atoms with Crippen molar-refractivity contribution in [1.29, 1.82) is 0 Å². The van der Waals surface area contributed by atoms with Gasteiger partial charge < -0.3 is 14.6 Å². The Hall–Kier alpha value is -1.97. The van der Waals surface area contributed by atoms with Crippen molar-refractivity contribution in [1.82, 2.24) is 9.55 Å². The summed E-state index contributed by atoms with van der Waals surface area (Å²) in [6, 6.07) is 8.00. The standard InChI is InChI=1S/C17H25N3O/c1-5-6-11-20-12-14(4)18-17(20)19-15-7-9-16(10-8-15)21-13(2)3/h7-10,12-13H,5-6,11H2,1-4H3,(H,18,19). The molecule has 0 atom stereocenters. The summed E-state index contributed by atoms with van der Waals surface area (Å²) in [5.74, 6) is 1.79. The number of aromatic nitrogens is 2. The van der Waals surface area contributed by atoms with E-state index >= 15 is 0 Å². The third-order valence-corrected chi connectivity index (χ3v) is 3.13. The van der Waals surface area contributed by atoms with Crippen LogP contribution in [0.1, 0.15) is 39.3 Å². The van der Waals surface area contributed by atoms with E-state index in [1.807, 2.05) is 45.0 Å². The number of anilines is 2. The normalized spacial score (nSPS) is 10.9. The monoisotopic (exact) mass is 287 g/mol. The molecule has 0 saturated heterocycles. The van der Waals surface area contributed by atoms with Gasteiger partial charge in [-0.1, -0.05) is 13.3 Å². The minimum absolute atomic E-state index is 0.194. The van der Waals surface area contributed by atoms with Gasteiger partial charge >= 0.3 is 0 Å². The zero-order chi connectivity index (χ0) is 15.2. The maximum Gasteiger partial charge on any atom is 0.207 e. The molecule has 0 bridgehead atoms. The molecule has 4 nitrogen and oxygen atoms in total. The van der Waals surface area contributed by atoms with Gasteiger partial charge in [0.2, 0.25) is 5.95 Å². The van der Waals surface area contributed by atoms with Crippen LogP contribution < -0.4 is 10.1 Å². The predicted molar refractivity (Wildman–Crippen MR) is 87.4 cm³/mol. The highest BCUT2D eigenvalue weighted by Crippen LogP contribution is 2.21. The molecule has 21 heavy (non-hydrogen) atoms. The number of benzene rings is 1. The molecule has 1 aromatic heterocycles. The molecule has 0 aliphatic heterocycles. The minimum Gasteiger partial charge on any atom is -0.491 e. The van der Waals surface area contributed by atoms with E-state index in [9.17, 15) is 0 Å². The molecule has 0 amide bonds. The molecule has 2 rings (SSSR count). The molecule has 0 aliphatic rings. The molecule has 4 heteroatoms. The molecule has 0 fully saturated rings. The molecule has 1 aromatic carbocycles. The van der Waals surface area contributed by atoms with Gasteiger partial charge in [0.05, 0.1) is 11.8 Å². The zero-order valence-corrected chi connectivity index (χ0v) is 13.4. The average Bonchev–Trinajstić information content (AvgIpc) is 2.78. The molecular formula is C17H25N3O. The SMILES string of the molecule is CCCCn1cc(C)nc1Nc1ccc(OC(C)C)cc1. The summed E-state index contributed by atoms with van der Waals surface area (Å²) in [5.41, 5.74) is 2.06. The van der Waals surface area contributed by atoms with Crippen LogP contribution in [0.15, 0.2) is 30.5 Å². The Labute approximate surface area is 127 Å². The number of rotatable bonds is 7. The Bertz CT molecular complexity index is 558. The van der Waals surface area contributed by atoms with Crippen LogP contribution in [0, 0.1) is 6.92 Å². The fourth-order valence-electron chi connectivity index (χ4n) is 2.16. The van der Waals surface area contributed by atoms with E-state index < -0.39 is 0 Å². The van der Waals surface area contributed by atoms with Gasteiger partial charge in [0, 0.05) is 18.4 Å². The molecule has 2 aromatic rings. The minimum atomic E-state index is 0.194. The van der Waals surface area contributed by atoms with Gasteiger partial charge in [0.15, 0.2) is 0 Å². The molecule has 1 heterocycles. The van der Waals surface area contributed by atoms with E-state index in [0.29, 0.717) is 0 Å². The van der Waals surface area contributed by atoms with Gasteiger partial charge in [0.25, 0.3) is 0 Å². The van der Waals surface area contributed by atoms with Crippen LogP contribution in [0.2, 0.25) is 0 Å². The van der Waals surface area contributed by atoms with E-state index in [1.165, 1.54) is 6.42 Å². The third-order valence-electron chi connectivity index (χ3n) is 3.13. The summed E-state index contributed by atoms with van der Waals surface area (Å²) in [4.78, 5) is 4.55. The first-order chi connectivity index (χ1) is 10.1. The topological polar surface area (TPSA) is 39.1 Å². The molecular weight excluding hydrogens is 262 g/mol. The number of ether oxygens (including phenoxy) is 1. The van der Waals surface area contributed by atoms with E-state index in [-0.39, 0.29) is 6.10 Å². The fourth-order valence-corrected chi connectivity index (χ4v) is 2.16. The highest BCUT2D eigenvalue weighted by atomic mass is 16.5. The van der Waals surface area contributed by atoms with Gasteiger partial charge in [-0.15, -0.1) is 0 Å². The van der Waals surface area contributed by atoms with Gasteiger partial charge in [-0.25, -0.2) is 4.98 Å². The fraction of sp³-hybridized carbons (Fsp3) is 0.471. The summed E-state index contributed by atoms with van der Waals surface area (Å²) < 4.78 is 7.83. The van der Waals surface area contributed by atoms with Crippen LogP contribution in [-0.4, -0.2) is 15.7 Å². The number of aryl methyl sites for hydroxylation is 2.